The highest BCUT2D eigenvalue weighted by molar-refractivity contribution is 5.91. The average molecular weight is 239 g/mol. The zero-order chi connectivity index (χ0) is 12.8. The minimum Gasteiger partial charge on any atom is -0.479 e. The molecular weight excluding hydrogens is 226 g/mol. The fraction of sp³-hybridized carbons (Fsp3) is 0.300. The predicted molar refractivity (Wildman–Crippen MR) is 59.7 cm³/mol. The Morgan fingerprint density at radius 1 is 1.59 bits per heavy atom. The van der Waals surface area contributed by atoms with Crippen LogP contribution in [0.2, 0.25) is 0 Å². The van der Waals surface area contributed by atoms with Crippen LogP contribution < -0.4 is 11.1 Å². The number of nitrogens with one attached hydrogen (secondary N) is 1. The van der Waals surface area contributed by atoms with Crippen molar-refractivity contribution in [3.05, 3.63) is 23.9 Å². The van der Waals surface area contributed by atoms with Crippen LogP contribution in [-0.4, -0.2) is 41.7 Å². The van der Waals surface area contributed by atoms with Gasteiger partial charge in [-0.15, -0.1) is 0 Å². The van der Waals surface area contributed by atoms with E-state index in [2.05, 4.69) is 10.3 Å². The molecule has 7 heteroatoms. The van der Waals surface area contributed by atoms with Crippen molar-refractivity contribution < 1.29 is 19.4 Å². The van der Waals surface area contributed by atoms with E-state index in [1.807, 2.05) is 0 Å². The molecule has 4 N–H and O–H groups in total. The summed E-state index contributed by atoms with van der Waals surface area (Å²) in [7, 11) is 1.30. The number of pyridine rings is 1. The minimum absolute atomic E-state index is 0.0427. The van der Waals surface area contributed by atoms with Crippen molar-refractivity contribution in [1.29, 1.82) is 0 Å². The quantitative estimate of drug-likeness (QED) is 0.627. The largest absolute Gasteiger partial charge is 0.479 e. The number of aliphatic carboxylic acids is 1. The van der Waals surface area contributed by atoms with Crippen LogP contribution >= 0.6 is 0 Å². The number of carbonyl (C=O) groups is 2. The van der Waals surface area contributed by atoms with E-state index in [1.165, 1.54) is 13.2 Å². The molecule has 17 heavy (non-hydrogen) atoms. The summed E-state index contributed by atoms with van der Waals surface area (Å²) in [5.74, 6) is -1.36. The van der Waals surface area contributed by atoms with E-state index in [0.717, 1.165) is 0 Å². The molecule has 0 aliphatic carbocycles. The Balaban J connectivity index is 2.66. The van der Waals surface area contributed by atoms with Gasteiger partial charge in [-0.2, -0.15) is 0 Å². The number of hydrogen-bond donors (Lipinski definition) is 3. The smallest absolute Gasteiger partial charge is 0.334 e. The molecule has 1 rings (SSSR count). The Morgan fingerprint density at radius 3 is 2.82 bits per heavy atom. The van der Waals surface area contributed by atoms with Gasteiger partial charge in [0.1, 0.15) is 11.5 Å². The molecule has 0 aliphatic rings. The van der Waals surface area contributed by atoms with Crippen molar-refractivity contribution in [2.45, 2.75) is 6.10 Å². The average Bonchev–Trinajstić information content (AvgIpc) is 2.29. The third-order valence-electron chi connectivity index (χ3n) is 2.03. The minimum atomic E-state index is -1.08. The lowest BCUT2D eigenvalue weighted by Gasteiger charge is -2.12. The number of aromatic nitrogens is 1. The highest BCUT2D eigenvalue weighted by Gasteiger charge is 2.15. The molecule has 0 fully saturated rings. The molecule has 1 atom stereocenters. The van der Waals surface area contributed by atoms with E-state index in [1.54, 1.807) is 12.1 Å². The topological polar surface area (TPSA) is 115 Å². The first-order valence-electron chi connectivity index (χ1n) is 4.81. The zero-order valence-electron chi connectivity index (χ0n) is 9.21. The summed E-state index contributed by atoms with van der Waals surface area (Å²) >= 11 is 0. The molecule has 1 aromatic heterocycles. The summed E-state index contributed by atoms with van der Waals surface area (Å²) in [6.07, 6.45) is -0.978. The number of primary amides is 1. The number of nitrogens with two attached hydrogens (primary N) is 1. The molecule has 1 amide bonds. The van der Waals surface area contributed by atoms with Crippen LogP contribution in [0.5, 0.6) is 0 Å². The van der Waals surface area contributed by atoms with Crippen molar-refractivity contribution in [3.8, 4) is 0 Å². The van der Waals surface area contributed by atoms with Gasteiger partial charge in [0.05, 0.1) is 6.54 Å². The number of amides is 1. The highest BCUT2D eigenvalue weighted by Crippen LogP contribution is 2.05. The number of carbonyl (C=O) groups excluding carboxylic acids is 1. The zero-order valence-corrected chi connectivity index (χ0v) is 9.21. The van der Waals surface area contributed by atoms with Gasteiger partial charge < -0.3 is 20.9 Å². The monoisotopic (exact) mass is 239 g/mol. The van der Waals surface area contributed by atoms with Gasteiger partial charge in [0.2, 0.25) is 0 Å². The second-order valence-electron chi connectivity index (χ2n) is 3.22. The molecule has 1 aromatic rings. The molecule has 1 unspecified atom stereocenters. The molecular formula is C10H13N3O4. The maximum Gasteiger partial charge on any atom is 0.334 e. The molecule has 7 nitrogen and oxygen atoms in total. The van der Waals surface area contributed by atoms with E-state index in [9.17, 15) is 9.59 Å². The van der Waals surface area contributed by atoms with Gasteiger partial charge in [-0.3, -0.25) is 4.79 Å². The number of carboxylic acid groups (broad SMARTS) is 1. The van der Waals surface area contributed by atoms with Crippen LogP contribution in [0.25, 0.3) is 0 Å². The molecule has 0 saturated carbocycles. The molecule has 0 aliphatic heterocycles. The fourth-order valence-corrected chi connectivity index (χ4v) is 1.14. The third-order valence-corrected chi connectivity index (χ3v) is 2.03. The van der Waals surface area contributed by atoms with Gasteiger partial charge in [-0.05, 0) is 12.1 Å². The molecule has 0 radical (unpaired) electrons. The van der Waals surface area contributed by atoms with Gasteiger partial charge in [0, 0.05) is 7.11 Å². The molecule has 92 valence electrons. The number of nitrogens with zero attached hydrogens (tertiary/aromatic N) is 1. The van der Waals surface area contributed by atoms with Crippen LogP contribution in [0.4, 0.5) is 5.82 Å². The second kappa shape index (κ2) is 5.80. The maximum atomic E-state index is 10.9. The molecule has 0 aromatic carbocycles. The van der Waals surface area contributed by atoms with E-state index >= 15 is 0 Å². The highest BCUT2D eigenvalue weighted by atomic mass is 16.5. The summed E-state index contributed by atoms with van der Waals surface area (Å²) in [5.41, 5.74) is 5.18. The standard InChI is InChI=1S/C10H13N3O4/c1-17-7(10(15)16)5-12-8-4-2-3-6(13-8)9(11)14/h2-4,7H,5H2,1H3,(H2,11,14)(H,12,13)(H,15,16). The summed E-state index contributed by atoms with van der Waals surface area (Å²) in [6, 6.07) is 4.66. The summed E-state index contributed by atoms with van der Waals surface area (Å²) in [4.78, 5) is 25.4. The van der Waals surface area contributed by atoms with Gasteiger partial charge >= 0.3 is 5.97 Å². The van der Waals surface area contributed by atoms with Crippen molar-refractivity contribution in [1.82, 2.24) is 4.98 Å². The Bertz CT molecular complexity index is 422. The lowest BCUT2D eigenvalue weighted by atomic mass is 10.3. The van der Waals surface area contributed by atoms with Crippen molar-refractivity contribution in [2.75, 3.05) is 19.0 Å². The Hall–Kier alpha value is -2.15. The van der Waals surface area contributed by atoms with E-state index < -0.39 is 18.0 Å². The number of hydrogen-bond acceptors (Lipinski definition) is 5. The molecule has 0 spiro atoms. The van der Waals surface area contributed by atoms with Crippen molar-refractivity contribution in [2.24, 2.45) is 5.73 Å². The maximum absolute atomic E-state index is 10.9. The van der Waals surface area contributed by atoms with E-state index in [-0.39, 0.29) is 12.2 Å². The summed E-state index contributed by atoms with van der Waals surface area (Å²) in [5, 5.41) is 11.5. The number of anilines is 1. The van der Waals surface area contributed by atoms with E-state index in [4.69, 9.17) is 15.6 Å². The lowest BCUT2D eigenvalue weighted by molar-refractivity contribution is -0.147. The fourth-order valence-electron chi connectivity index (χ4n) is 1.14. The molecule has 0 bridgehead atoms. The number of methoxy groups -OCH3 is 1. The lowest BCUT2D eigenvalue weighted by Crippen LogP contribution is -2.30. The summed E-state index contributed by atoms with van der Waals surface area (Å²) < 4.78 is 4.73. The first-order valence-corrected chi connectivity index (χ1v) is 4.81. The normalized spacial score (nSPS) is 11.8. The van der Waals surface area contributed by atoms with Crippen LogP contribution in [0.3, 0.4) is 0 Å². The van der Waals surface area contributed by atoms with Crippen LogP contribution in [0, 0.1) is 0 Å². The third kappa shape index (κ3) is 3.72. The van der Waals surface area contributed by atoms with Gasteiger partial charge in [-0.1, -0.05) is 6.07 Å². The molecule has 0 saturated heterocycles. The van der Waals surface area contributed by atoms with Gasteiger partial charge in [-0.25, -0.2) is 9.78 Å². The summed E-state index contributed by atoms with van der Waals surface area (Å²) in [6.45, 7) is 0.0427. The Morgan fingerprint density at radius 2 is 2.29 bits per heavy atom. The van der Waals surface area contributed by atoms with Gasteiger partial charge in [0.15, 0.2) is 6.10 Å². The Labute approximate surface area is 97.6 Å². The number of rotatable bonds is 6. The predicted octanol–water partition coefficient (Wildman–Crippen LogP) is -0.308. The number of carboxylic acids is 1. The van der Waals surface area contributed by atoms with Gasteiger partial charge in [0.25, 0.3) is 5.91 Å². The van der Waals surface area contributed by atoms with Crippen molar-refractivity contribution >= 4 is 17.7 Å². The number of ether oxygens (including phenoxy) is 1. The van der Waals surface area contributed by atoms with E-state index in [0.29, 0.717) is 5.82 Å². The van der Waals surface area contributed by atoms with Crippen molar-refractivity contribution in [3.63, 3.8) is 0 Å². The Kier molecular flexibility index (Phi) is 4.41. The first-order chi connectivity index (χ1) is 8.04. The van der Waals surface area contributed by atoms with Crippen LogP contribution in [0.1, 0.15) is 10.5 Å². The SMILES string of the molecule is COC(CNc1cccc(C(N)=O)n1)C(=O)O. The second-order valence-corrected chi connectivity index (χ2v) is 3.22. The van der Waals surface area contributed by atoms with Crippen LogP contribution in [0.15, 0.2) is 18.2 Å². The molecule has 1 heterocycles. The first kappa shape index (κ1) is 12.9. The van der Waals surface area contributed by atoms with Crippen LogP contribution in [-0.2, 0) is 9.53 Å².